The molecule has 0 saturated carbocycles. The van der Waals surface area contributed by atoms with E-state index in [-0.39, 0.29) is 5.91 Å². The van der Waals surface area contributed by atoms with Gasteiger partial charge in [-0.2, -0.15) is 0 Å². The highest BCUT2D eigenvalue weighted by Gasteiger charge is 2.09. The molecule has 0 atom stereocenters. The summed E-state index contributed by atoms with van der Waals surface area (Å²) in [5, 5.41) is 5.74. The molecule has 29 heavy (non-hydrogen) atoms. The van der Waals surface area contributed by atoms with Crippen LogP contribution in [0.2, 0.25) is 0 Å². The molecule has 1 aromatic heterocycles. The van der Waals surface area contributed by atoms with Crippen molar-refractivity contribution >= 4 is 40.7 Å². The van der Waals surface area contributed by atoms with Crippen LogP contribution in [0.25, 0.3) is 10.6 Å². The lowest BCUT2D eigenvalue weighted by molar-refractivity contribution is -0.113. The number of methoxy groups -OCH3 is 2. The third-order valence-corrected chi connectivity index (χ3v) is 5.85. The molecule has 0 saturated heterocycles. The molecule has 2 aromatic carbocycles. The van der Waals surface area contributed by atoms with E-state index < -0.39 is 5.97 Å². The highest BCUT2D eigenvalue weighted by atomic mass is 32.2. The number of amides is 1. The minimum absolute atomic E-state index is 0.107. The molecule has 1 N–H and O–H groups in total. The molecular formula is C21H20N2O4S2. The quantitative estimate of drug-likeness (QED) is 0.533. The SMILES string of the molecule is COC(=O)c1ccc(NC(=O)CSCc2csc(-c3cccc(OC)c3)n2)cc1. The number of carbonyl (C=O) groups is 2. The molecule has 0 radical (unpaired) electrons. The van der Waals surface area contributed by atoms with Crippen LogP contribution in [0.15, 0.2) is 53.9 Å². The van der Waals surface area contributed by atoms with Crippen LogP contribution in [0, 0.1) is 0 Å². The predicted molar refractivity (Wildman–Crippen MR) is 117 cm³/mol. The highest BCUT2D eigenvalue weighted by Crippen LogP contribution is 2.28. The van der Waals surface area contributed by atoms with Crippen molar-refractivity contribution in [2.45, 2.75) is 5.75 Å². The molecule has 6 nitrogen and oxygen atoms in total. The van der Waals surface area contributed by atoms with Gasteiger partial charge in [-0.05, 0) is 36.4 Å². The van der Waals surface area contributed by atoms with Gasteiger partial charge < -0.3 is 14.8 Å². The molecule has 0 unspecified atom stereocenters. The second kappa shape index (κ2) is 10.1. The van der Waals surface area contributed by atoms with Gasteiger partial charge in [0.2, 0.25) is 5.91 Å². The molecule has 3 rings (SSSR count). The number of nitrogens with zero attached hydrogens (tertiary/aromatic N) is 1. The van der Waals surface area contributed by atoms with Gasteiger partial charge in [-0.3, -0.25) is 4.79 Å². The van der Waals surface area contributed by atoms with Crippen LogP contribution in [0.1, 0.15) is 16.1 Å². The van der Waals surface area contributed by atoms with Gasteiger partial charge in [0.25, 0.3) is 0 Å². The Morgan fingerprint density at radius 2 is 1.93 bits per heavy atom. The molecule has 150 valence electrons. The number of hydrogen-bond acceptors (Lipinski definition) is 7. The Balaban J connectivity index is 1.48. The molecule has 0 spiro atoms. The molecule has 8 heteroatoms. The fraction of sp³-hybridized carbons (Fsp3) is 0.190. The van der Waals surface area contributed by atoms with Crippen LogP contribution in [0.4, 0.5) is 5.69 Å². The fourth-order valence-electron chi connectivity index (χ4n) is 2.51. The first-order chi connectivity index (χ1) is 14.1. The predicted octanol–water partition coefficient (Wildman–Crippen LogP) is 4.48. The summed E-state index contributed by atoms with van der Waals surface area (Å²) in [5.41, 5.74) is 3.03. The first-order valence-electron chi connectivity index (χ1n) is 8.74. The first kappa shape index (κ1) is 20.9. The van der Waals surface area contributed by atoms with Crippen molar-refractivity contribution in [1.82, 2.24) is 4.98 Å². The van der Waals surface area contributed by atoms with Gasteiger partial charge in [0.05, 0.1) is 31.2 Å². The van der Waals surface area contributed by atoms with Crippen molar-refractivity contribution < 1.29 is 19.1 Å². The maximum absolute atomic E-state index is 12.1. The lowest BCUT2D eigenvalue weighted by Gasteiger charge is -2.05. The van der Waals surface area contributed by atoms with Gasteiger partial charge in [0.15, 0.2) is 0 Å². The summed E-state index contributed by atoms with van der Waals surface area (Å²) >= 11 is 3.07. The van der Waals surface area contributed by atoms with Crippen molar-refractivity contribution in [1.29, 1.82) is 0 Å². The Morgan fingerprint density at radius 3 is 2.66 bits per heavy atom. The van der Waals surface area contributed by atoms with Crippen molar-refractivity contribution in [2.24, 2.45) is 0 Å². The number of anilines is 1. The van der Waals surface area contributed by atoms with Gasteiger partial charge in [0.1, 0.15) is 10.8 Å². The monoisotopic (exact) mass is 428 g/mol. The standard InChI is InChI=1S/C21H20N2O4S2/c1-26-18-5-3-4-15(10-18)20-23-17(12-29-20)11-28-13-19(24)22-16-8-6-14(7-9-16)21(25)27-2/h3-10,12H,11,13H2,1-2H3,(H,22,24). The largest absolute Gasteiger partial charge is 0.497 e. The van der Waals surface area contributed by atoms with E-state index in [4.69, 9.17) is 4.74 Å². The van der Waals surface area contributed by atoms with Crippen LogP contribution < -0.4 is 10.1 Å². The van der Waals surface area contributed by atoms with E-state index in [1.165, 1.54) is 18.9 Å². The number of carbonyl (C=O) groups excluding carboxylic acids is 2. The number of rotatable bonds is 8. The average Bonchev–Trinajstić information content (AvgIpc) is 3.22. The Labute approximate surface area is 177 Å². The molecular weight excluding hydrogens is 408 g/mol. The van der Waals surface area contributed by atoms with E-state index in [2.05, 4.69) is 15.0 Å². The van der Waals surface area contributed by atoms with Crippen LogP contribution >= 0.6 is 23.1 Å². The third-order valence-electron chi connectivity index (χ3n) is 3.94. The van der Waals surface area contributed by atoms with Crippen LogP contribution in [-0.4, -0.2) is 36.8 Å². The minimum Gasteiger partial charge on any atom is -0.497 e. The van der Waals surface area contributed by atoms with Crippen LogP contribution in [0.3, 0.4) is 0 Å². The first-order valence-corrected chi connectivity index (χ1v) is 10.8. The topological polar surface area (TPSA) is 77.5 Å². The van der Waals surface area contributed by atoms with E-state index >= 15 is 0 Å². The van der Waals surface area contributed by atoms with Gasteiger partial charge in [-0.25, -0.2) is 9.78 Å². The van der Waals surface area contributed by atoms with Crippen molar-refractivity contribution in [3.8, 4) is 16.3 Å². The summed E-state index contributed by atoms with van der Waals surface area (Å²) in [6, 6.07) is 14.4. The number of thiazole rings is 1. The molecule has 0 fully saturated rings. The molecule has 3 aromatic rings. The number of esters is 1. The normalized spacial score (nSPS) is 10.4. The number of ether oxygens (including phenoxy) is 2. The second-order valence-corrected chi connectivity index (χ2v) is 7.83. The average molecular weight is 429 g/mol. The molecule has 0 aliphatic carbocycles. The van der Waals surface area contributed by atoms with Crippen LogP contribution in [-0.2, 0) is 15.3 Å². The Bertz CT molecular complexity index is 986. The maximum atomic E-state index is 12.1. The number of thioether (sulfide) groups is 1. The molecule has 0 aliphatic rings. The Kier molecular flexibility index (Phi) is 7.26. The van der Waals surface area contributed by atoms with Crippen molar-refractivity contribution in [3.05, 3.63) is 65.2 Å². The van der Waals surface area contributed by atoms with Gasteiger partial charge in [0, 0.05) is 22.4 Å². The van der Waals surface area contributed by atoms with Crippen molar-refractivity contribution in [2.75, 3.05) is 25.3 Å². The van der Waals surface area contributed by atoms with Gasteiger partial charge in [-0.15, -0.1) is 23.1 Å². The Morgan fingerprint density at radius 1 is 1.14 bits per heavy atom. The molecule has 1 heterocycles. The summed E-state index contributed by atoms with van der Waals surface area (Å²) in [6.45, 7) is 0. The molecule has 1 amide bonds. The van der Waals surface area contributed by atoms with Crippen molar-refractivity contribution in [3.63, 3.8) is 0 Å². The lowest BCUT2D eigenvalue weighted by atomic mass is 10.2. The Hall–Kier alpha value is -2.84. The van der Waals surface area contributed by atoms with Gasteiger partial charge >= 0.3 is 5.97 Å². The zero-order valence-corrected chi connectivity index (χ0v) is 17.6. The summed E-state index contributed by atoms with van der Waals surface area (Å²) in [6.07, 6.45) is 0. The number of nitrogens with one attached hydrogen (secondary N) is 1. The highest BCUT2D eigenvalue weighted by molar-refractivity contribution is 7.99. The summed E-state index contributed by atoms with van der Waals surface area (Å²) in [7, 11) is 2.97. The zero-order chi connectivity index (χ0) is 20.6. The molecule has 0 aliphatic heterocycles. The summed E-state index contributed by atoms with van der Waals surface area (Å²) in [5.74, 6) is 1.24. The summed E-state index contributed by atoms with van der Waals surface area (Å²) in [4.78, 5) is 28.2. The number of benzene rings is 2. The smallest absolute Gasteiger partial charge is 0.337 e. The van der Waals surface area contributed by atoms with E-state index in [1.54, 1.807) is 42.7 Å². The summed E-state index contributed by atoms with van der Waals surface area (Å²) < 4.78 is 9.91. The third kappa shape index (κ3) is 5.82. The maximum Gasteiger partial charge on any atom is 0.337 e. The van der Waals surface area contributed by atoms with E-state index in [9.17, 15) is 9.59 Å². The number of aromatic nitrogens is 1. The van der Waals surface area contributed by atoms with Gasteiger partial charge in [-0.1, -0.05) is 12.1 Å². The van der Waals surface area contributed by atoms with E-state index in [1.807, 2.05) is 29.6 Å². The second-order valence-electron chi connectivity index (χ2n) is 5.99. The van der Waals surface area contributed by atoms with E-state index in [0.717, 1.165) is 22.0 Å². The minimum atomic E-state index is -0.407. The fourth-order valence-corrected chi connectivity index (χ4v) is 4.15. The van der Waals surface area contributed by atoms with Crippen LogP contribution in [0.5, 0.6) is 5.75 Å². The molecule has 0 bridgehead atoms. The zero-order valence-electron chi connectivity index (χ0n) is 16.0. The number of hydrogen-bond donors (Lipinski definition) is 1. The lowest BCUT2D eigenvalue weighted by Crippen LogP contribution is -2.14. The van der Waals surface area contributed by atoms with E-state index in [0.29, 0.717) is 22.8 Å².